The average Bonchev–Trinajstić information content (AvgIpc) is 3.91. The molecule has 4 heterocycles. The number of benzene rings is 2. The number of ether oxygens (including phenoxy) is 1. The van der Waals surface area contributed by atoms with Crippen LogP contribution < -0.4 is 10.6 Å². The molecule has 7 rings (SSSR count). The fourth-order valence-corrected chi connectivity index (χ4v) is 8.93. The number of β-lactam (4-membered cyclic amide) rings is 1. The van der Waals surface area contributed by atoms with Crippen molar-refractivity contribution in [2.75, 3.05) is 16.8 Å². The Labute approximate surface area is 323 Å². The average molecular weight is 779 g/mol. The summed E-state index contributed by atoms with van der Waals surface area (Å²) in [7, 11) is 0. The van der Waals surface area contributed by atoms with Gasteiger partial charge in [0.1, 0.15) is 28.9 Å². The number of carbonyl (C=O) groups excluding carboxylic acids is 4. The largest absolute Gasteiger partial charge is 0.448 e. The second kappa shape index (κ2) is 17.5. The van der Waals surface area contributed by atoms with E-state index < -0.39 is 35.3 Å². The molecule has 1 saturated heterocycles. The van der Waals surface area contributed by atoms with Crippen LogP contribution in [-0.2, 0) is 28.8 Å². The molecule has 3 amide bonds. The van der Waals surface area contributed by atoms with Gasteiger partial charge in [0.15, 0.2) is 16.9 Å². The lowest BCUT2D eigenvalue weighted by Crippen LogP contribution is -2.71. The number of allylic oxidation sites excluding steroid dienone is 1. The number of thioether (sulfide) groups is 2. The second-order valence-electron chi connectivity index (χ2n) is 12.2. The number of aromatic nitrogens is 2. The highest BCUT2D eigenvalue weighted by molar-refractivity contribution is 8.02. The molecule has 2 aromatic heterocycles. The normalized spacial score (nSPS) is 19.4. The number of esters is 1. The lowest BCUT2D eigenvalue weighted by Gasteiger charge is -2.49. The van der Waals surface area contributed by atoms with E-state index in [1.165, 1.54) is 28.4 Å². The molecule has 12 nitrogen and oxygen atoms in total. The first-order valence-corrected chi connectivity index (χ1v) is 20.0. The Morgan fingerprint density at radius 1 is 1.07 bits per heavy atom. The van der Waals surface area contributed by atoms with Crippen LogP contribution in [0, 0.1) is 0 Å². The Hall–Kier alpha value is -5.51. The zero-order valence-electron chi connectivity index (χ0n) is 28.6. The third kappa shape index (κ3) is 8.48. The summed E-state index contributed by atoms with van der Waals surface area (Å²) in [5, 5.41) is 12.6. The molecule has 0 bridgehead atoms. The van der Waals surface area contributed by atoms with Gasteiger partial charge in [0.25, 0.3) is 11.8 Å². The standard InChI is InChI=1S/C39H34N6O6S3/c46-24-41-39-42-30(23-54-39)31(44-51-29-15-7-8-16-29)35(47)43-32-36(48)45-33(28(22-53-37(32)45)21-52-19-17-25-10-9-18-40-20-25)38(49)50-34(26-11-3-1-4-12-26)27-13-5-2-6-14-27/h1-7,9-15,17-20,23-24,29,32,34,37H,8,16,21-22H2,(H,43,47)(H,41,42,46)/b19-17-,44-31?/t29?,32?,37-/m1/s1. The van der Waals surface area contributed by atoms with E-state index >= 15 is 0 Å². The van der Waals surface area contributed by atoms with Crippen molar-refractivity contribution in [1.29, 1.82) is 0 Å². The predicted molar refractivity (Wildman–Crippen MR) is 210 cm³/mol. The van der Waals surface area contributed by atoms with Crippen molar-refractivity contribution in [3.63, 3.8) is 0 Å². The summed E-state index contributed by atoms with van der Waals surface area (Å²) in [5.74, 6) is -0.931. The topological polar surface area (TPSA) is 152 Å². The van der Waals surface area contributed by atoms with E-state index in [1.807, 2.05) is 96.4 Å². The summed E-state index contributed by atoms with van der Waals surface area (Å²) >= 11 is 4.05. The van der Waals surface area contributed by atoms with Crippen LogP contribution in [0.1, 0.15) is 41.3 Å². The highest BCUT2D eigenvalue weighted by atomic mass is 32.2. The summed E-state index contributed by atoms with van der Waals surface area (Å²) in [6, 6.07) is 21.7. The van der Waals surface area contributed by atoms with Gasteiger partial charge in [-0.05, 0) is 58.7 Å². The van der Waals surface area contributed by atoms with E-state index in [9.17, 15) is 19.2 Å². The predicted octanol–water partition coefficient (Wildman–Crippen LogP) is 5.94. The van der Waals surface area contributed by atoms with Gasteiger partial charge >= 0.3 is 5.97 Å². The molecule has 15 heteroatoms. The molecular formula is C39H34N6O6S3. The van der Waals surface area contributed by atoms with Crippen LogP contribution in [0.25, 0.3) is 6.08 Å². The molecule has 3 atom stereocenters. The van der Waals surface area contributed by atoms with Gasteiger partial charge in [-0.1, -0.05) is 78.0 Å². The number of nitrogens with zero attached hydrogens (tertiary/aromatic N) is 4. The molecule has 1 fully saturated rings. The van der Waals surface area contributed by atoms with Gasteiger partial charge in [0, 0.05) is 29.3 Å². The smallest absolute Gasteiger partial charge is 0.356 e. The number of hydrogen-bond donors (Lipinski definition) is 2. The van der Waals surface area contributed by atoms with Crippen molar-refractivity contribution >= 4 is 76.0 Å². The highest BCUT2D eigenvalue weighted by Gasteiger charge is 2.55. The minimum Gasteiger partial charge on any atom is -0.448 e. The van der Waals surface area contributed by atoms with Gasteiger partial charge in [-0.3, -0.25) is 24.3 Å². The SMILES string of the molecule is O=CNc1nc(C(=NOC2C=CCC2)C(=O)NC2C(=O)N3C(C(=O)OC(c4ccccc4)c4ccccc4)=C(CS/C=C\c4cccnc4)CS[C@H]23)cs1. The molecule has 0 spiro atoms. The third-order valence-electron chi connectivity index (χ3n) is 8.65. The number of carbonyl (C=O) groups is 4. The minimum atomic E-state index is -0.966. The maximum atomic E-state index is 14.4. The zero-order chi connectivity index (χ0) is 37.3. The number of amides is 3. The monoisotopic (exact) mass is 778 g/mol. The van der Waals surface area contributed by atoms with Gasteiger partial charge in [-0.15, -0.1) is 34.9 Å². The number of fused-ring (bicyclic) bond motifs is 1. The lowest BCUT2D eigenvalue weighted by atomic mass is 10.0. The maximum Gasteiger partial charge on any atom is 0.356 e. The van der Waals surface area contributed by atoms with Crippen LogP contribution in [-0.4, -0.2) is 73.8 Å². The fraction of sp³-hybridized carbons (Fsp3) is 0.205. The van der Waals surface area contributed by atoms with Gasteiger partial charge in [0.05, 0.1) is 0 Å². The third-order valence-corrected chi connectivity index (χ3v) is 11.6. The van der Waals surface area contributed by atoms with E-state index in [2.05, 4.69) is 25.8 Å². The lowest BCUT2D eigenvalue weighted by molar-refractivity contribution is -0.154. The van der Waals surface area contributed by atoms with E-state index in [-0.39, 0.29) is 28.3 Å². The Morgan fingerprint density at radius 3 is 2.54 bits per heavy atom. The molecule has 0 radical (unpaired) electrons. The van der Waals surface area contributed by atoms with E-state index in [4.69, 9.17) is 9.57 Å². The molecule has 4 aromatic rings. The zero-order valence-corrected chi connectivity index (χ0v) is 31.1. The summed E-state index contributed by atoms with van der Waals surface area (Å²) in [5.41, 5.74) is 3.44. The molecule has 274 valence electrons. The van der Waals surface area contributed by atoms with Gasteiger partial charge in [-0.25, -0.2) is 9.78 Å². The number of thiazole rings is 1. The Bertz CT molecular complexity index is 2070. The van der Waals surface area contributed by atoms with Crippen molar-refractivity contribution in [2.24, 2.45) is 5.16 Å². The number of rotatable bonds is 15. The highest BCUT2D eigenvalue weighted by Crippen LogP contribution is 2.42. The molecular weight excluding hydrogens is 745 g/mol. The Balaban J connectivity index is 1.14. The van der Waals surface area contributed by atoms with E-state index in [0.717, 1.165) is 40.0 Å². The maximum absolute atomic E-state index is 14.4. The summed E-state index contributed by atoms with van der Waals surface area (Å²) in [4.78, 5) is 68.7. The summed E-state index contributed by atoms with van der Waals surface area (Å²) < 4.78 is 6.28. The number of anilines is 1. The molecule has 54 heavy (non-hydrogen) atoms. The fourth-order valence-electron chi connectivity index (χ4n) is 6.01. The van der Waals surface area contributed by atoms with Gasteiger partial charge in [-0.2, -0.15) is 0 Å². The molecule has 2 N–H and O–H groups in total. The number of pyridine rings is 1. The van der Waals surface area contributed by atoms with Gasteiger partial charge in [0.2, 0.25) is 6.41 Å². The summed E-state index contributed by atoms with van der Waals surface area (Å²) in [6.07, 6.45) is 10.2. The first-order chi connectivity index (χ1) is 26.5. The first kappa shape index (κ1) is 36.8. The number of hydrogen-bond acceptors (Lipinski definition) is 12. The van der Waals surface area contributed by atoms with Crippen LogP contribution in [0.5, 0.6) is 0 Å². The summed E-state index contributed by atoms with van der Waals surface area (Å²) in [6.45, 7) is 0. The van der Waals surface area contributed by atoms with Crippen LogP contribution in [0.2, 0.25) is 0 Å². The quantitative estimate of drug-likeness (QED) is 0.0371. The van der Waals surface area contributed by atoms with E-state index in [0.29, 0.717) is 24.3 Å². The molecule has 3 aliphatic rings. The van der Waals surface area contributed by atoms with Crippen molar-refractivity contribution in [3.8, 4) is 0 Å². The first-order valence-electron chi connectivity index (χ1n) is 17.0. The Kier molecular flexibility index (Phi) is 12.0. The molecule has 2 unspecified atom stereocenters. The van der Waals surface area contributed by atoms with Crippen molar-refractivity contribution < 1.29 is 28.8 Å². The van der Waals surface area contributed by atoms with Crippen LogP contribution in [0.15, 0.2) is 125 Å². The van der Waals surface area contributed by atoms with Crippen molar-refractivity contribution in [1.82, 2.24) is 20.2 Å². The Morgan fingerprint density at radius 2 is 1.85 bits per heavy atom. The van der Waals surface area contributed by atoms with Crippen LogP contribution in [0.3, 0.4) is 0 Å². The number of oxime groups is 1. The van der Waals surface area contributed by atoms with Crippen molar-refractivity contribution in [2.45, 2.75) is 36.5 Å². The van der Waals surface area contributed by atoms with Crippen molar-refractivity contribution in [3.05, 3.63) is 142 Å². The number of nitrogens with one attached hydrogen (secondary N) is 2. The molecule has 2 aromatic carbocycles. The molecule has 2 aliphatic heterocycles. The van der Waals surface area contributed by atoms with Gasteiger partial charge < -0.3 is 20.2 Å². The minimum absolute atomic E-state index is 0.140. The second-order valence-corrected chi connectivity index (χ2v) is 15.1. The molecule has 0 saturated carbocycles. The van der Waals surface area contributed by atoms with Crippen LogP contribution >= 0.6 is 34.9 Å². The van der Waals surface area contributed by atoms with E-state index in [1.54, 1.807) is 17.8 Å². The molecule has 1 aliphatic carbocycles. The van der Waals surface area contributed by atoms with Crippen LogP contribution in [0.4, 0.5) is 5.13 Å².